The number of nitrogens with zero attached hydrogens (tertiary/aromatic N) is 1. The van der Waals surface area contributed by atoms with Gasteiger partial charge in [-0.25, -0.2) is 14.1 Å². The number of carbonyl (C=O) groups is 3. The van der Waals surface area contributed by atoms with Crippen LogP contribution in [0.15, 0.2) is 42.0 Å². The molecule has 0 unspecified atom stereocenters. The Bertz CT molecular complexity index is 1020. The molecule has 0 aromatic heterocycles. The molecular formula is C20H17FN2O6. The molecule has 8 nitrogen and oxygen atoms in total. The lowest BCUT2D eigenvalue weighted by Crippen LogP contribution is -2.54. The molecule has 2 aromatic carbocycles. The van der Waals surface area contributed by atoms with Crippen LogP contribution >= 0.6 is 0 Å². The van der Waals surface area contributed by atoms with Crippen molar-refractivity contribution in [1.82, 2.24) is 5.32 Å². The number of halogens is 1. The van der Waals surface area contributed by atoms with Crippen LogP contribution < -0.4 is 24.4 Å². The summed E-state index contributed by atoms with van der Waals surface area (Å²) < 4.78 is 29.0. The lowest BCUT2D eigenvalue weighted by Gasteiger charge is -2.26. The lowest BCUT2D eigenvalue weighted by molar-refractivity contribution is -0.122. The molecule has 0 radical (unpaired) electrons. The van der Waals surface area contributed by atoms with Gasteiger partial charge in [0.2, 0.25) is 5.75 Å². The molecule has 0 spiro atoms. The Balaban J connectivity index is 2.08. The van der Waals surface area contributed by atoms with E-state index in [1.165, 1.54) is 39.5 Å². The molecule has 0 saturated carbocycles. The third-order valence-electron chi connectivity index (χ3n) is 4.22. The van der Waals surface area contributed by atoms with Crippen LogP contribution in [-0.2, 0) is 9.59 Å². The Labute approximate surface area is 165 Å². The van der Waals surface area contributed by atoms with Gasteiger partial charge in [-0.1, -0.05) is 0 Å². The van der Waals surface area contributed by atoms with Crippen molar-refractivity contribution in [2.75, 3.05) is 26.2 Å². The second-order valence-electron chi connectivity index (χ2n) is 5.86. The van der Waals surface area contributed by atoms with Crippen LogP contribution in [0.5, 0.6) is 17.2 Å². The number of ether oxygens (including phenoxy) is 3. The van der Waals surface area contributed by atoms with Crippen LogP contribution in [0.3, 0.4) is 0 Å². The van der Waals surface area contributed by atoms with Crippen LogP contribution in [-0.4, -0.2) is 39.2 Å². The Hall–Kier alpha value is -3.88. The van der Waals surface area contributed by atoms with Crippen LogP contribution in [0.2, 0.25) is 0 Å². The molecule has 3 rings (SSSR count). The average molecular weight is 400 g/mol. The number of amides is 4. The van der Waals surface area contributed by atoms with Crippen molar-refractivity contribution in [1.29, 1.82) is 0 Å². The quantitative estimate of drug-likeness (QED) is 0.612. The summed E-state index contributed by atoms with van der Waals surface area (Å²) in [5.41, 5.74) is 0.170. The summed E-state index contributed by atoms with van der Waals surface area (Å²) in [5.74, 6) is -1.34. The molecule has 1 saturated heterocycles. The molecule has 0 bridgehead atoms. The minimum absolute atomic E-state index is 0.117. The van der Waals surface area contributed by atoms with E-state index in [1.807, 2.05) is 0 Å². The van der Waals surface area contributed by atoms with Crippen molar-refractivity contribution < 1.29 is 33.0 Å². The topological polar surface area (TPSA) is 94.2 Å². The van der Waals surface area contributed by atoms with Gasteiger partial charge < -0.3 is 14.2 Å². The van der Waals surface area contributed by atoms with E-state index in [2.05, 4.69) is 5.32 Å². The van der Waals surface area contributed by atoms with Crippen molar-refractivity contribution in [3.8, 4) is 17.2 Å². The van der Waals surface area contributed by atoms with Gasteiger partial charge in [-0.2, -0.15) is 0 Å². The van der Waals surface area contributed by atoms with Crippen molar-refractivity contribution in [3.63, 3.8) is 0 Å². The SMILES string of the molecule is COc1ccc(/C=C2/C(=O)NC(=O)N(c3ccc(F)cc3)C2=O)c(OC)c1OC. The number of benzene rings is 2. The molecule has 1 aliphatic rings. The lowest BCUT2D eigenvalue weighted by atomic mass is 10.1. The van der Waals surface area contributed by atoms with Gasteiger partial charge in [-0.15, -0.1) is 0 Å². The summed E-state index contributed by atoms with van der Waals surface area (Å²) >= 11 is 0. The van der Waals surface area contributed by atoms with E-state index in [-0.39, 0.29) is 22.8 Å². The summed E-state index contributed by atoms with van der Waals surface area (Å²) in [4.78, 5) is 38.2. The monoisotopic (exact) mass is 400 g/mol. The molecular weight excluding hydrogens is 383 g/mol. The van der Waals surface area contributed by atoms with E-state index in [4.69, 9.17) is 14.2 Å². The molecule has 1 N–H and O–H groups in total. The number of hydrogen-bond donors (Lipinski definition) is 1. The number of barbiturate groups is 1. The molecule has 150 valence electrons. The molecule has 29 heavy (non-hydrogen) atoms. The molecule has 2 aromatic rings. The number of methoxy groups -OCH3 is 3. The van der Waals surface area contributed by atoms with Crippen molar-refractivity contribution in [3.05, 3.63) is 53.4 Å². The summed E-state index contributed by atoms with van der Waals surface area (Å²) in [7, 11) is 4.28. The number of rotatable bonds is 5. The number of nitrogens with one attached hydrogen (secondary N) is 1. The van der Waals surface area contributed by atoms with Crippen molar-refractivity contribution in [2.24, 2.45) is 0 Å². The first kappa shape index (κ1) is 19.9. The minimum Gasteiger partial charge on any atom is -0.493 e. The summed E-state index contributed by atoms with van der Waals surface area (Å²) in [5, 5.41) is 2.10. The fraction of sp³-hybridized carbons (Fsp3) is 0.150. The van der Waals surface area contributed by atoms with E-state index >= 15 is 0 Å². The van der Waals surface area contributed by atoms with Gasteiger partial charge in [-0.3, -0.25) is 14.9 Å². The highest BCUT2D eigenvalue weighted by Crippen LogP contribution is 2.40. The van der Waals surface area contributed by atoms with Gasteiger partial charge >= 0.3 is 6.03 Å². The molecule has 0 aliphatic carbocycles. The van der Waals surface area contributed by atoms with Crippen molar-refractivity contribution in [2.45, 2.75) is 0 Å². The van der Waals surface area contributed by atoms with Crippen molar-refractivity contribution >= 4 is 29.6 Å². The zero-order valence-corrected chi connectivity index (χ0v) is 15.8. The van der Waals surface area contributed by atoms with Gasteiger partial charge in [0, 0.05) is 5.56 Å². The van der Waals surface area contributed by atoms with Gasteiger partial charge in [0.05, 0.1) is 27.0 Å². The summed E-state index contributed by atoms with van der Waals surface area (Å²) in [6, 6.07) is 6.96. The Morgan fingerprint density at radius 1 is 0.897 bits per heavy atom. The Morgan fingerprint density at radius 2 is 1.55 bits per heavy atom. The summed E-state index contributed by atoms with van der Waals surface area (Å²) in [6.07, 6.45) is 1.28. The zero-order chi connectivity index (χ0) is 21.1. The maximum absolute atomic E-state index is 13.2. The smallest absolute Gasteiger partial charge is 0.335 e. The van der Waals surface area contributed by atoms with E-state index in [0.717, 1.165) is 17.0 Å². The fourth-order valence-corrected chi connectivity index (χ4v) is 2.88. The van der Waals surface area contributed by atoms with Gasteiger partial charge in [0.25, 0.3) is 11.8 Å². The predicted molar refractivity (Wildman–Crippen MR) is 101 cm³/mol. The standard InChI is InChI=1S/C20H17FN2O6/c1-27-15-9-4-11(16(28-2)17(15)29-3)10-14-18(24)22-20(26)23(19(14)25)13-7-5-12(21)6-8-13/h4-10H,1-3H3,(H,22,24,26)/b14-10-. The highest BCUT2D eigenvalue weighted by Gasteiger charge is 2.37. The third kappa shape index (κ3) is 3.62. The normalized spacial score (nSPS) is 15.4. The maximum Gasteiger partial charge on any atom is 0.335 e. The highest BCUT2D eigenvalue weighted by atomic mass is 19.1. The first-order valence-electron chi connectivity index (χ1n) is 8.37. The van der Waals surface area contributed by atoms with Crippen LogP contribution in [0, 0.1) is 5.82 Å². The first-order chi connectivity index (χ1) is 13.9. The van der Waals surface area contributed by atoms with E-state index < -0.39 is 23.7 Å². The number of hydrogen-bond acceptors (Lipinski definition) is 6. The second-order valence-corrected chi connectivity index (χ2v) is 5.86. The van der Waals surface area contributed by atoms with Crippen LogP contribution in [0.4, 0.5) is 14.9 Å². The van der Waals surface area contributed by atoms with Gasteiger partial charge in [0.15, 0.2) is 11.5 Å². The van der Waals surface area contributed by atoms with E-state index in [9.17, 15) is 18.8 Å². The average Bonchev–Trinajstić information content (AvgIpc) is 2.71. The number of anilines is 1. The van der Waals surface area contributed by atoms with Crippen LogP contribution in [0.1, 0.15) is 5.56 Å². The van der Waals surface area contributed by atoms with E-state index in [0.29, 0.717) is 11.3 Å². The number of carbonyl (C=O) groups excluding carboxylic acids is 3. The first-order valence-corrected chi connectivity index (χ1v) is 8.37. The molecule has 0 atom stereocenters. The molecule has 1 aliphatic heterocycles. The zero-order valence-electron chi connectivity index (χ0n) is 15.8. The van der Waals surface area contributed by atoms with Crippen LogP contribution in [0.25, 0.3) is 6.08 Å². The molecule has 1 heterocycles. The number of urea groups is 1. The Morgan fingerprint density at radius 3 is 2.14 bits per heavy atom. The van der Waals surface area contributed by atoms with Gasteiger partial charge in [0.1, 0.15) is 11.4 Å². The highest BCUT2D eigenvalue weighted by molar-refractivity contribution is 6.39. The third-order valence-corrected chi connectivity index (χ3v) is 4.22. The fourth-order valence-electron chi connectivity index (χ4n) is 2.88. The second kappa shape index (κ2) is 8.01. The minimum atomic E-state index is -0.928. The molecule has 1 fully saturated rings. The Kier molecular flexibility index (Phi) is 5.49. The number of imide groups is 2. The maximum atomic E-state index is 13.2. The largest absolute Gasteiger partial charge is 0.493 e. The predicted octanol–water partition coefficient (Wildman–Crippen LogP) is 2.52. The molecule has 4 amide bonds. The summed E-state index contributed by atoms with van der Waals surface area (Å²) in [6.45, 7) is 0. The van der Waals surface area contributed by atoms with E-state index in [1.54, 1.807) is 12.1 Å². The van der Waals surface area contributed by atoms with Gasteiger partial charge in [-0.05, 0) is 42.5 Å². The molecule has 9 heteroatoms.